The molecule has 7 nitrogen and oxygen atoms in total. The molecule has 1 heterocycles. The predicted molar refractivity (Wildman–Crippen MR) is 38.2 cm³/mol. The van der Waals surface area contributed by atoms with Crippen molar-refractivity contribution < 1.29 is 17.2 Å². The average Bonchev–Trinajstić information content (AvgIpc) is 2.29. The van der Waals surface area contributed by atoms with Crippen LogP contribution in [-0.2, 0) is 17.3 Å². The van der Waals surface area contributed by atoms with Gasteiger partial charge in [-0.3, -0.25) is 14.8 Å². The summed E-state index contributed by atoms with van der Waals surface area (Å²) in [7, 11) is -3.88. The number of aromatic nitrogens is 2. The van der Waals surface area contributed by atoms with Gasteiger partial charge < -0.3 is 0 Å². The van der Waals surface area contributed by atoms with Gasteiger partial charge in [-0.1, -0.05) is 3.89 Å². The molecule has 9 heteroatoms. The van der Waals surface area contributed by atoms with E-state index in [4.69, 9.17) is 0 Å². The Morgan fingerprint density at radius 2 is 2.23 bits per heavy atom. The van der Waals surface area contributed by atoms with Crippen LogP contribution >= 0.6 is 0 Å². The van der Waals surface area contributed by atoms with Crippen LogP contribution in [0.15, 0.2) is 11.2 Å². The van der Waals surface area contributed by atoms with Gasteiger partial charge in [0.15, 0.2) is 0 Å². The number of halogens is 1. The first-order valence-electron chi connectivity index (χ1n) is 2.95. The van der Waals surface area contributed by atoms with E-state index in [1.54, 1.807) is 0 Å². The zero-order valence-corrected chi connectivity index (χ0v) is 7.15. The lowest BCUT2D eigenvalue weighted by atomic mass is 10.6. The van der Waals surface area contributed by atoms with Crippen molar-refractivity contribution in [2.75, 3.05) is 0 Å². The largest absolute Gasteiger partial charge is 0.358 e. The molecule has 0 aliphatic rings. The second kappa shape index (κ2) is 2.76. The van der Waals surface area contributed by atoms with Crippen LogP contribution in [0.5, 0.6) is 0 Å². The van der Waals surface area contributed by atoms with Crippen molar-refractivity contribution in [3.8, 4) is 0 Å². The molecule has 0 radical (unpaired) electrons. The summed E-state index contributed by atoms with van der Waals surface area (Å²) in [6.45, 7) is 0. The molecular weight excluding hydrogens is 205 g/mol. The van der Waals surface area contributed by atoms with Crippen LogP contribution in [0.25, 0.3) is 0 Å². The molecule has 1 rings (SSSR count). The van der Waals surface area contributed by atoms with Crippen molar-refractivity contribution >= 4 is 15.9 Å². The van der Waals surface area contributed by atoms with E-state index in [1.807, 2.05) is 0 Å². The van der Waals surface area contributed by atoms with Crippen LogP contribution in [0.4, 0.5) is 9.57 Å². The summed E-state index contributed by atoms with van der Waals surface area (Å²) in [5.41, 5.74) is -0.870. The van der Waals surface area contributed by atoms with Crippen LogP contribution in [0.3, 0.4) is 0 Å². The monoisotopic (exact) mass is 209 g/mol. The molecule has 1 aromatic rings. The third kappa shape index (κ3) is 1.80. The molecule has 1 aromatic heterocycles. The maximum Gasteiger partial charge on any atom is 0.358 e. The molecule has 0 aliphatic heterocycles. The topological polar surface area (TPSA) is 95.1 Å². The van der Waals surface area contributed by atoms with Crippen LogP contribution in [-0.4, -0.2) is 23.1 Å². The van der Waals surface area contributed by atoms with Crippen LogP contribution in [0, 0.1) is 10.1 Å². The lowest BCUT2D eigenvalue weighted by Gasteiger charge is -1.86. The minimum Gasteiger partial charge on any atom is -0.267 e. The van der Waals surface area contributed by atoms with Crippen molar-refractivity contribution in [2.45, 2.75) is 5.03 Å². The Hall–Kier alpha value is -1.51. The molecule has 13 heavy (non-hydrogen) atoms. The molecule has 0 aromatic carbocycles. The van der Waals surface area contributed by atoms with Crippen molar-refractivity contribution in [3.05, 3.63) is 16.3 Å². The zero-order valence-electron chi connectivity index (χ0n) is 6.34. The minimum atomic E-state index is -5.13. The normalized spacial score (nSPS) is 11.5. The second-order valence-corrected chi connectivity index (χ2v) is 3.45. The Kier molecular flexibility index (Phi) is 2.04. The van der Waals surface area contributed by atoms with E-state index >= 15 is 0 Å². The number of hydrogen-bond acceptors (Lipinski definition) is 5. The van der Waals surface area contributed by atoms with E-state index in [9.17, 15) is 22.4 Å². The van der Waals surface area contributed by atoms with Crippen LogP contribution in [0.2, 0.25) is 0 Å². The summed E-state index contributed by atoms with van der Waals surface area (Å²) < 4.78 is 33.8. The zero-order chi connectivity index (χ0) is 10.2. The minimum absolute atomic E-state index is 0.812. The summed E-state index contributed by atoms with van der Waals surface area (Å²) in [6, 6.07) is 0. The molecule has 0 amide bonds. The van der Waals surface area contributed by atoms with Gasteiger partial charge in [-0.05, 0) is 0 Å². The van der Waals surface area contributed by atoms with E-state index in [0.717, 1.165) is 10.9 Å². The van der Waals surface area contributed by atoms with Gasteiger partial charge in [-0.15, -0.1) is 0 Å². The van der Waals surface area contributed by atoms with Crippen molar-refractivity contribution in [3.63, 3.8) is 0 Å². The molecule has 0 N–H and O–H groups in total. The number of hydrogen-bond donors (Lipinski definition) is 0. The van der Waals surface area contributed by atoms with Gasteiger partial charge in [0.1, 0.15) is 6.20 Å². The van der Waals surface area contributed by atoms with Crippen molar-refractivity contribution in [1.82, 2.24) is 9.78 Å². The lowest BCUT2D eigenvalue weighted by molar-refractivity contribution is -0.388. The first kappa shape index (κ1) is 9.58. The third-order valence-corrected chi connectivity index (χ3v) is 1.96. The second-order valence-electron chi connectivity index (χ2n) is 2.19. The fourth-order valence-corrected chi connectivity index (χ4v) is 1.36. The predicted octanol–water partition coefficient (Wildman–Crippen LogP) is -0.0135. The number of nitro groups is 1. The lowest BCUT2D eigenvalue weighted by Crippen LogP contribution is -1.98. The van der Waals surface area contributed by atoms with Gasteiger partial charge in [-0.25, -0.2) is 0 Å². The fourth-order valence-electron chi connectivity index (χ4n) is 0.754. The van der Waals surface area contributed by atoms with Gasteiger partial charge in [0, 0.05) is 7.05 Å². The average molecular weight is 209 g/mol. The van der Waals surface area contributed by atoms with Crippen LogP contribution < -0.4 is 0 Å². The highest BCUT2D eigenvalue weighted by Gasteiger charge is 2.29. The van der Waals surface area contributed by atoms with Crippen molar-refractivity contribution in [1.29, 1.82) is 0 Å². The highest BCUT2D eigenvalue weighted by molar-refractivity contribution is 7.86. The van der Waals surface area contributed by atoms with Gasteiger partial charge in [0.25, 0.3) is 5.03 Å². The summed E-state index contributed by atoms with van der Waals surface area (Å²) in [6.07, 6.45) is 0.812. The van der Waals surface area contributed by atoms with E-state index in [2.05, 4.69) is 5.10 Å². The summed E-state index contributed by atoms with van der Waals surface area (Å²) in [5.74, 6) is 0. The molecule has 0 fully saturated rings. The number of aryl methyl sites for hydroxylation is 1. The first-order chi connectivity index (χ1) is 5.82. The fraction of sp³-hybridized carbons (Fsp3) is 0.250. The molecule has 72 valence electrons. The maximum absolute atomic E-state index is 12.3. The van der Waals surface area contributed by atoms with Gasteiger partial charge in [0.2, 0.25) is 0 Å². The van der Waals surface area contributed by atoms with E-state index < -0.39 is 25.9 Å². The molecule has 0 saturated heterocycles. The summed E-state index contributed by atoms with van der Waals surface area (Å²) in [5, 5.41) is 12.2. The first-order valence-corrected chi connectivity index (χ1v) is 4.33. The van der Waals surface area contributed by atoms with E-state index in [-0.39, 0.29) is 0 Å². The van der Waals surface area contributed by atoms with E-state index in [1.165, 1.54) is 7.05 Å². The summed E-state index contributed by atoms with van der Waals surface area (Å²) in [4.78, 5) is 9.19. The van der Waals surface area contributed by atoms with Crippen molar-refractivity contribution in [2.24, 2.45) is 7.05 Å². The van der Waals surface area contributed by atoms with Crippen LogP contribution in [0.1, 0.15) is 0 Å². The number of rotatable bonds is 2. The number of nitrogens with zero attached hydrogens (tertiary/aromatic N) is 3. The Bertz CT molecular complexity index is 450. The summed E-state index contributed by atoms with van der Waals surface area (Å²) >= 11 is 0. The van der Waals surface area contributed by atoms with Gasteiger partial charge in [0.05, 0.1) is 4.92 Å². The Morgan fingerprint density at radius 3 is 2.54 bits per heavy atom. The smallest absolute Gasteiger partial charge is 0.267 e. The quantitative estimate of drug-likeness (QED) is 0.387. The van der Waals surface area contributed by atoms with E-state index in [0.29, 0.717) is 0 Å². The molecule has 0 atom stereocenters. The Labute approximate surface area is 72.1 Å². The Balaban J connectivity index is 3.46. The Morgan fingerprint density at radius 1 is 1.69 bits per heavy atom. The highest BCUT2D eigenvalue weighted by atomic mass is 32.3. The third-order valence-electron chi connectivity index (χ3n) is 1.20. The molecular formula is C4H4FN3O4S. The van der Waals surface area contributed by atoms with Gasteiger partial charge >= 0.3 is 15.9 Å². The molecule has 0 bridgehead atoms. The molecule has 0 saturated carbocycles. The maximum atomic E-state index is 12.3. The SMILES string of the molecule is Cn1cc([N+](=O)[O-])c(S(=O)(=O)F)n1. The van der Waals surface area contributed by atoms with Gasteiger partial charge in [-0.2, -0.15) is 13.5 Å². The molecule has 0 spiro atoms. The standard InChI is InChI=1S/C4H4FN3O4S/c1-7-2-3(8(9)10)4(6-7)13(5,11)12/h2H,1H3. The molecule has 0 aliphatic carbocycles. The highest BCUT2D eigenvalue weighted by Crippen LogP contribution is 2.22. The molecule has 0 unspecified atom stereocenters.